The molecule has 0 aromatic heterocycles. The SMILES string of the molecule is CC/C=C\C/C=C\C/C=C\C/C=C\CCCCCCC(=O)OCC(COCCCCCCCC/C=C\C/C=C\C/C=C\CC)OC(=O)CCCCCCC/C=C\C/C=C\C/C=C\CC. The van der Waals surface area contributed by atoms with Crippen LogP contribution in [-0.4, -0.2) is 37.9 Å². The van der Waals surface area contributed by atoms with Gasteiger partial charge >= 0.3 is 11.9 Å². The molecule has 0 spiro atoms. The van der Waals surface area contributed by atoms with Crippen molar-refractivity contribution in [2.24, 2.45) is 0 Å². The van der Waals surface area contributed by atoms with Gasteiger partial charge in [-0.2, -0.15) is 0 Å². The standard InChI is InChI=1S/C59H96O5/c1-4-7-10-13-16-19-22-25-28-30-32-34-37-40-43-46-49-52-58(60)63-56-57(55-62-54-51-48-45-42-39-36-33-29-26-23-20-17-14-11-8-5-2)64-59(61)53-50-47-44-41-38-35-31-27-24-21-18-15-12-9-6-3/h7-12,16-21,25-29,31-32,34,57H,4-6,13-15,22-24,30,33,35-56H2,1-3H3/b10-7-,11-8-,12-9-,19-16-,20-17-,21-18-,28-25-,29-26-,31-27-,34-32-. The largest absolute Gasteiger partial charge is 0.462 e. The van der Waals surface area contributed by atoms with Crippen LogP contribution in [0.2, 0.25) is 0 Å². The summed E-state index contributed by atoms with van der Waals surface area (Å²) in [7, 11) is 0. The Morgan fingerprint density at radius 3 is 1.05 bits per heavy atom. The molecule has 0 aromatic carbocycles. The van der Waals surface area contributed by atoms with E-state index in [1.54, 1.807) is 0 Å². The zero-order chi connectivity index (χ0) is 46.3. The van der Waals surface area contributed by atoms with E-state index < -0.39 is 6.10 Å². The molecule has 1 unspecified atom stereocenters. The number of allylic oxidation sites excluding steroid dienone is 20. The highest BCUT2D eigenvalue weighted by molar-refractivity contribution is 5.70. The van der Waals surface area contributed by atoms with E-state index >= 15 is 0 Å². The van der Waals surface area contributed by atoms with E-state index in [1.807, 2.05) is 0 Å². The van der Waals surface area contributed by atoms with Gasteiger partial charge in [0.15, 0.2) is 6.10 Å². The molecular formula is C59H96O5. The molecule has 0 fully saturated rings. The summed E-state index contributed by atoms with van der Waals surface area (Å²) in [6.07, 6.45) is 74.9. The Morgan fingerprint density at radius 1 is 0.344 bits per heavy atom. The van der Waals surface area contributed by atoms with Gasteiger partial charge in [0, 0.05) is 19.4 Å². The molecule has 0 bridgehead atoms. The third-order valence-electron chi connectivity index (χ3n) is 10.5. The lowest BCUT2D eigenvalue weighted by atomic mass is 10.1. The van der Waals surface area contributed by atoms with E-state index in [1.165, 1.54) is 38.5 Å². The summed E-state index contributed by atoms with van der Waals surface area (Å²) >= 11 is 0. The molecule has 64 heavy (non-hydrogen) atoms. The number of hydrogen-bond donors (Lipinski definition) is 0. The molecule has 5 nitrogen and oxygen atoms in total. The first-order valence-electron chi connectivity index (χ1n) is 26.1. The summed E-state index contributed by atoms with van der Waals surface area (Å²) in [6, 6.07) is 0. The predicted octanol–water partition coefficient (Wildman–Crippen LogP) is 17.8. The highest BCUT2D eigenvalue weighted by Crippen LogP contribution is 2.12. The topological polar surface area (TPSA) is 61.8 Å². The lowest BCUT2D eigenvalue weighted by molar-refractivity contribution is -0.163. The van der Waals surface area contributed by atoms with Gasteiger partial charge in [-0.15, -0.1) is 0 Å². The van der Waals surface area contributed by atoms with Crippen molar-refractivity contribution in [1.29, 1.82) is 0 Å². The number of ether oxygens (including phenoxy) is 3. The summed E-state index contributed by atoms with van der Waals surface area (Å²) in [6.45, 7) is 7.41. The van der Waals surface area contributed by atoms with E-state index in [-0.39, 0.29) is 25.2 Å². The lowest BCUT2D eigenvalue weighted by Gasteiger charge is -2.18. The molecule has 0 aliphatic rings. The second-order valence-electron chi connectivity index (χ2n) is 16.6. The minimum Gasteiger partial charge on any atom is -0.462 e. The third-order valence-corrected chi connectivity index (χ3v) is 10.5. The maximum Gasteiger partial charge on any atom is 0.306 e. The van der Waals surface area contributed by atoms with Crippen molar-refractivity contribution in [2.45, 2.75) is 219 Å². The number of esters is 2. The van der Waals surface area contributed by atoms with Crippen LogP contribution in [0, 0.1) is 0 Å². The molecule has 0 radical (unpaired) electrons. The smallest absolute Gasteiger partial charge is 0.306 e. The Hall–Kier alpha value is -3.70. The number of carbonyl (C=O) groups excluding carboxylic acids is 2. The van der Waals surface area contributed by atoms with E-state index in [4.69, 9.17) is 14.2 Å². The molecule has 0 saturated heterocycles. The van der Waals surface area contributed by atoms with Gasteiger partial charge in [0.05, 0.1) is 6.61 Å². The van der Waals surface area contributed by atoms with Crippen molar-refractivity contribution in [3.05, 3.63) is 122 Å². The Kier molecular flexibility index (Phi) is 50.5. The highest BCUT2D eigenvalue weighted by atomic mass is 16.6. The zero-order valence-corrected chi connectivity index (χ0v) is 41.5. The molecule has 1 atom stereocenters. The van der Waals surface area contributed by atoms with Gasteiger partial charge in [0.2, 0.25) is 0 Å². The second kappa shape index (κ2) is 53.6. The molecule has 0 N–H and O–H groups in total. The van der Waals surface area contributed by atoms with Crippen molar-refractivity contribution in [2.75, 3.05) is 19.8 Å². The van der Waals surface area contributed by atoms with Crippen LogP contribution in [0.1, 0.15) is 213 Å². The van der Waals surface area contributed by atoms with Gasteiger partial charge in [0.1, 0.15) is 6.61 Å². The fraction of sp³-hybridized carbons (Fsp3) is 0.627. The van der Waals surface area contributed by atoms with Crippen LogP contribution in [0.25, 0.3) is 0 Å². The van der Waals surface area contributed by atoms with E-state index in [9.17, 15) is 9.59 Å². The molecule has 0 aliphatic heterocycles. The van der Waals surface area contributed by atoms with Gasteiger partial charge < -0.3 is 14.2 Å². The fourth-order valence-corrected chi connectivity index (χ4v) is 6.70. The number of rotatable bonds is 46. The second-order valence-corrected chi connectivity index (χ2v) is 16.6. The van der Waals surface area contributed by atoms with Crippen molar-refractivity contribution in [1.82, 2.24) is 0 Å². The first-order chi connectivity index (χ1) is 31.6. The first kappa shape index (κ1) is 60.3. The summed E-state index contributed by atoms with van der Waals surface area (Å²) in [5.74, 6) is -0.459. The highest BCUT2D eigenvalue weighted by Gasteiger charge is 2.17. The van der Waals surface area contributed by atoms with Crippen LogP contribution < -0.4 is 0 Å². The molecule has 5 heteroatoms. The summed E-state index contributed by atoms with van der Waals surface area (Å²) in [5.41, 5.74) is 0. The Balaban J connectivity index is 4.40. The maximum absolute atomic E-state index is 12.8. The molecule has 362 valence electrons. The van der Waals surface area contributed by atoms with Gasteiger partial charge in [-0.3, -0.25) is 9.59 Å². The van der Waals surface area contributed by atoms with Gasteiger partial charge in [0.25, 0.3) is 0 Å². The van der Waals surface area contributed by atoms with Crippen LogP contribution in [-0.2, 0) is 23.8 Å². The van der Waals surface area contributed by atoms with Crippen molar-refractivity contribution in [3.8, 4) is 0 Å². The van der Waals surface area contributed by atoms with Crippen LogP contribution in [0.15, 0.2) is 122 Å². The zero-order valence-electron chi connectivity index (χ0n) is 41.5. The van der Waals surface area contributed by atoms with Crippen molar-refractivity contribution >= 4 is 11.9 Å². The average Bonchev–Trinajstić information content (AvgIpc) is 3.30. The monoisotopic (exact) mass is 885 g/mol. The molecule has 0 aliphatic carbocycles. The van der Waals surface area contributed by atoms with Crippen LogP contribution >= 0.6 is 0 Å². The average molecular weight is 885 g/mol. The quantitative estimate of drug-likeness (QED) is 0.0346. The maximum atomic E-state index is 12.8. The third kappa shape index (κ3) is 50.9. The van der Waals surface area contributed by atoms with Gasteiger partial charge in [-0.25, -0.2) is 0 Å². The predicted molar refractivity (Wildman–Crippen MR) is 279 cm³/mol. The number of unbranched alkanes of at least 4 members (excludes halogenated alkanes) is 15. The van der Waals surface area contributed by atoms with Crippen LogP contribution in [0.3, 0.4) is 0 Å². The van der Waals surface area contributed by atoms with Gasteiger partial charge in [-0.1, -0.05) is 200 Å². The normalized spacial score (nSPS) is 13.2. The molecule has 0 rings (SSSR count). The van der Waals surface area contributed by atoms with Gasteiger partial charge in [-0.05, 0) is 122 Å². The fourth-order valence-electron chi connectivity index (χ4n) is 6.70. The Bertz CT molecular complexity index is 1320. The van der Waals surface area contributed by atoms with E-state index in [2.05, 4.69) is 142 Å². The van der Waals surface area contributed by atoms with Crippen LogP contribution in [0.5, 0.6) is 0 Å². The summed E-state index contributed by atoms with van der Waals surface area (Å²) in [4.78, 5) is 25.4. The van der Waals surface area contributed by atoms with E-state index in [0.717, 1.165) is 141 Å². The molecule has 0 amide bonds. The minimum absolute atomic E-state index is 0.0522. The number of hydrogen-bond acceptors (Lipinski definition) is 5. The Morgan fingerprint density at radius 2 is 0.656 bits per heavy atom. The lowest BCUT2D eigenvalue weighted by Crippen LogP contribution is -2.30. The van der Waals surface area contributed by atoms with Crippen LogP contribution in [0.4, 0.5) is 0 Å². The summed E-state index contributed by atoms with van der Waals surface area (Å²) < 4.78 is 17.4. The first-order valence-corrected chi connectivity index (χ1v) is 26.1. The molecule has 0 aromatic rings. The van der Waals surface area contributed by atoms with Crippen molar-refractivity contribution < 1.29 is 23.8 Å². The minimum atomic E-state index is -0.571. The number of carbonyl (C=O) groups is 2. The van der Waals surface area contributed by atoms with Crippen molar-refractivity contribution in [3.63, 3.8) is 0 Å². The molecule has 0 heterocycles. The summed E-state index contributed by atoms with van der Waals surface area (Å²) in [5, 5.41) is 0. The Labute approximate surface area is 395 Å². The molecule has 0 saturated carbocycles. The molecular weight excluding hydrogens is 789 g/mol. The van der Waals surface area contributed by atoms with E-state index in [0.29, 0.717) is 19.4 Å².